The number of fused-ring (bicyclic) bond motifs is 1. The monoisotopic (exact) mass is 473 g/mol. The number of aromatic amines is 1. The lowest BCUT2D eigenvalue weighted by molar-refractivity contribution is -0.150. The van der Waals surface area contributed by atoms with E-state index in [9.17, 15) is 9.59 Å². The van der Waals surface area contributed by atoms with Gasteiger partial charge in [-0.15, -0.1) is 0 Å². The number of benzene rings is 2. The summed E-state index contributed by atoms with van der Waals surface area (Å²) in [5, 5.41) is 0. The van der Waals surface area contributed by atoms with Crippen molar-refractivity contribution >= 4 is 17.1 Å². The largest absolute Gasteiger partial charge is 0.462 e. The molecule has 35 heavy (non-hydrogen) atoms. The zero-order valence-electron chi connectivity index (χ0n) is 19.2. The third-order valence-electron chi connectivity index (χ3n) is 6.04. The summed E-state index contributed by atoms with van der Waals surface area (Å²) in [4.78, 5) is 37.6. The number of carbonyl (C=O) groups is 1. The third-order valence-corrected chi connectivity index (χ3v) is 6.04. The molecule has 0 amide bonds. The molecular formula is C26H27N5O4. The first-order valence-electron chi connectivity index (χ1n) is 11.7. The molecule has 2 aromatic heterocycles. The zero-order valence-corrected chi connectivity index (χ0v) is 19.2. The first-order chi connectivity index (χ1) is 17.2. The Bertz CT molecular complexity index is 1280. The molecule has 9 heteroatoms. The molecular weight excluding hydrogens is 446 g/mol. The van der Waals surface area contributed by atoms with Crippen LogP contribution in [-0.4, -0.2) is 49.6 Å². The van der Waals surface area contributed by atoms with Crippen LogP contribution in [-0.2, 0) is 27.4 Å². The Labute approximate surface area is 202 Å². The van der Waals surface area contributed by atoms with Crippen LogP contribution in [0, 0.1) is 0 Å². The highest BCUT2D eigenvalue weighted by Crippen LogP contribution is 2.30. The number of hydrogen-bond donors (Lipinski definition) is 1. The van der Waals surface area contributed by atoms with Crippen molar-refractivity contribution in [3.05, 3.63) is 94.8 Å². The maximum atomic E-state index is 12.7. The minimum Gasteiger partial charge on any atom is -0.462 e. The van der Waals surface area contributed by atoms with Gasteiger partial charge in [0.15, 0.2) is 11.2 Å². The lowest BCUT2D eigenvalue weighted by atomic mass is 10.1. The summed E-state index contributed by atoms with van der Waals surface area (Å²) in [6.45, 7) is 1.65. The molecule has 1 fully saturated rings. The van der Waals surface area contributed by atoms with E-state index in [1.54, 1.807) is 10.9 Å². The highest BCUT2D eigenvalue weighted by atomic mass is 16.6. The van der Waals surface area contributed by atoms with Crippen molar-refractivity contribution < 1.29 is 14.3 Å². The first kappa shape index (κ1) is 22.9. The van der Waals surface area contributed by atoms with E-state index in [0.717, 1.165) is 24.0 Å². The molecule has 1 N–H and O–H groups in total. The Hall–Kier alpha value is -3.82. The molecule has 9 nitrogen and oxygen atoms in total. The van der Waals surface area contributed by atoms with Gasteiger partial charge in [-0.3, -0.25) is 19.1 Å². The molecule has 5 rings (SSSR count). The van der Waals surface area contributed by atoms with E-state index in [4.69, 9.17) is 9.47 Å². The standard InChI is InChI=1S/C26H27N5O4/c32-23(15-30(13-19-7-3-1-4-8-19)14-20-9-5-2-6-10-20)34-16-21-11-12-22(35-21)31-18-29-24-25(31)27-17-28-26(24)33/h1-10,17-18,21-22H,11-16H2,(H,27,28,33)/t21-,22+/m0/s1. The number of hydrogen-bond acceptors (Lipinski definition) is 7. The smallest absolute Gasteiger partial charge is 0.320 e. The van der Waals surface area contributed by atoms with Gasteiger partial charge in [0.05, 0.1) is 25.3 Å². The van der Waals surface area contributed by atoms with Gasteiger partial charge in [0.2, 0.25) is 0 Å². The Kier molecular flexibility index (Phi) is 6.97. The van der Waals surface area contributed by atoms with E-state index >= 15 is 0 Å². The molecule has 2 atom stereocenters. The maximum Gasteiger partial charge on any atom is 0.320 e. The zero-order chi connectivity index (χ0) is 24.0. The van der Waals surface area contributed by atoms with Crippen LogP contribution in [0.3, 0.4) is 0 Å². The number of nitrogens with one attached hydrogen (secondary N) is 1. The van der Waals surface area contributed by atoms with Gasteiger partial charge < -0.3 is 14.5 Å². The van der Waals surface area contributed by atoms with Crippen LogP contribution >= 0.6 is 0 Å². The average Bonchev–Trinajstić information content (AvgIpc) is 3.52. The predicted octanol–water partition coefficient (Wildman–Crippen LogP) is 3.04. The van der Waals surface area contributed by atoms with Crippen LogP contribution in [0.5, 0.6) is 0 Å². The third kappa shape index (κ3) is 5.64. The van der Waals surface area contributed by atoms with Crippen molar-refractivity contribution in [2.75, 3.05) is 13.2 Å². The first-order valence-corrected chi connectivity index (χ1v) is 11.7. The number of carbonyl (C=O) groups excluding carboxylic acids is 1. The van der Waals surface area contributed by atoms with Gasteiger partial charge in [-0.25, -0.2) is 9.97 Å². The van der Waals surface area contributed by atoms with Gasteiger partial charge in [-0.05, 0) is 24.0 Å². The van der Waals surface area contributed by atoms with Crippen LogP contribution in [0.2, 0.25) is 0 Å². The van der Waals surface area contributed by atoms with E-state index in [-0.39, 0.29) is 42.5 Å². The quantitative estimate of drug-likeness (QED) is 0.373. The summed E-state index contributed by atoms with van der Waals surface area (Å²) in [6.07, 6.45) is 3.85. The molecule has 180 valence electrons. The highest BCUT2D eigenvalue weighted by Gasteiger charge is 2.29. The number of ether oxygens (including phenoxy) is 2. The molecule has 3 heterocycles. The minimum atomic E-state index is -0.300. The lowest BCUT2D eigenvalue weighted by Gasteiger charge is -2.22. The molecule has 0 bridgehead atoms. The van der Waals surface area contributed by atoms with Crippen LogP contribution < -0.4 is 5.56 Å². The van der Waals surface area contributed by atoms with Crippen molar-refractivity contribution in [1.82, 2.24) is 24.4 Å². The van der Waals surface area contributed by atoms with E-state index in [2.05, 4.69) is 44.1 Å². The summed E-state index contributed by atoms with van der Waals surface area (Å²) < 4.78 is 13.4. The Morgan fingerprint density at radius 1 is 1.03 bits per heavy atom. The molecule has 0 saturated carbocycles. The van der Waals surface area contributed by atoms with Crippen LogP contribution in [0.1, 0.15) is 30.2 Å². The summed E-state index contributed by atoms with van der Waals surface area (Å²) in [5.41, 5.74) is 2.75. The van der Waals surface area contributed by atoms with Crippen LogP contribution in [0.15, 0.2) is 78.1 Å². The van der Waals surface area contributed by atoms with E-state index in [1.807, 2.05) is 36.4 Å². The summed E-state index contributed by atoms with van der Waals surface area (Å²) >= 11 is 0. The number of esters is 1. The Balaban J connectivity index is 1.17. The second-order valence-electron chi connectivity index (χ2n) is 8.65. The van der Waals surface area contributed by atoms with Crippen LogP contribution in [0.25, 0.3) is 11.2 Å². The molecule has 1 aliphatic rings. The average molecular weight is 474 g/mol. The number of imidazole rings is 1. The second kappa shape index (κ2) is 10.6. The normalized spacial score (nSPS) is 17.7. The molecule has 0 unspecified atom stereocenters. The molecule has 2 aromatic carbocycles. The SMILES string of the molecule is O=C(CN(Cc1ccccc1)Cc1ccccc1)OC[C@@H]1CC[C@H](n2cnc3c(=O)[nH]cnc32)O1. The fourth-order valence-electron chi connectivity index (χ4n) is 4.35. The second-order valence-corrected chi connectivity index (χ2v) is 8.65. The van der Waals surface area contributed by atoms with Crippen molar-refractivity contribution in [3.63, 3.8) is 0 Å². The van der Waals surface area contributed by atoms with Gasteiger partial charge in [0.1, 0.15) is 12.8 Å². The molecule has 0 radical (unpaired) electrons. The Morgan fingerprint density at radius 2 is 1.71 bits per heavy atom. The van der Waals surface area contributed by atoms with Crippen molar-refractivity contribution in [1.29, 1.82) is 0 Å². The molecule has 4 aromatic rings. The fraction of sp³-hybridized carbons (Fsp3) is 0.308. The van der Waals surface area contributed by atoms with E-state index in [1.165, 1.54) is 6.33 Å². The maximum absolute atomic E-state index is 12.7. The van der Waals surface area contributed by atoms with Gasteiger partial charge in [0.25, 0.3) is 5.56 Å². The Morgan fingerprint density at radius 3 is 2.40 bits per heavy atom. The molecule has 1 saturated heterocycles. The van der Waals surface area contributed by atoms with E-state index < -0.39 is 0 Å². The van der Waals surface area contributed by atoms with E-state index in [0.29, 0.717) is 18.7 Å². The number of H-pyrrole nitrogens is 1. The summed E-state index contributed by atoms with van der Waals surface area (Å²) in [6, 6.07) is 20.2. The molecule has 1 aliphatic heterocycles. The minimum absolute atomic E-state index is 0.179. The van der Waals surface area contributed by atoms with Gasteiger partial charge in [-0.2, -0.15) is 0 Å². The molecule has 0 spiro atoms. The fourth-order valence-corrected chi connectivity index (χ4v) is 4.35. The topological polar surface area (TPSA) is 102 Å². The summed E-state index contributed by atoms with van der Waals surface area (Å²) in [7, 11) is 0. The van der Waals surface area contributed by atoms with Crippen molar-refractivity contribution in [2.45, 2.75) is 38.3 Å². The van der Waals surface area contributed by atoms with Crippen LogP contribution in [0.4, 0.5) is 0 Å². The predicted molar refractivity (Wildman–Crippen MR) is 129 cm³/mol. The number of aromatic nitrogens is 4. The van der Waals surface area contributed by atoms with Gasteiger partial charge in [-0.1, -0.05) is 60.7 Å². The van der Waals surface area contributed by atoms with Gasteiger partial charge >= 0.3 is 5.97 Å². The van der Waals surface area contributed by atoms with Gasteiger partial charge in [0, 0.05) is 13.1 Å². The van der Waals surface area contributed by atoms with Crippen molar-refractivity contribution in [2.24, 2.45) is 0 Å². The lowest BCUT2D eigenvalue weighted by Crippen LogP contribution is -2.31. The highest BCUT2D eigenvalue weighted by molar-refractivity contribution is 5.71. The number of nitrogens with zero attached hydrogens (tertiary/aromatic N) is 4. The number of rotatable bonds is 9. The summed E-state index contributed by atoms with van der Waals surface area (Å²) in [5.74, 6) is -0.287. The van der Waals surface area contributed by atoms with Crippen molar-refractivity contribution in [3.8, 4) is 0 Å². The molecule has 0 aliphatic carbocycles.